The first-order valence-corrected chi connectivity index (χ1v) is 8.13. The van der Waals surface area contributed by atoms with Gasteiger partial charge in [0.05, 0.1) is 0 Å². The van der Waals surface area contributed by atoms with Gasteiger partial charge in [0.25, 0.3) is 0 Å². The molecule has 0 bridgehead atoms. The van der Waals surface area contributed by atoms with Gasteiger partial charge < -0.3 is 0 Å². The van der Waals surface area contributed by atoms with E-state index in [1.807, 2.05) is 0 Å². The van der Waals surface area contributed by atoms with E-state index >= 15 is 0 Å². The van der Waals surface area contributed by atoms with E-state index in [1.54, 1.807) is 0 Å². The van der Waals surface area contributed by atoms with Gasteiger partial charge in [-0.25, -0.2) is 0 Å². The van der Waals surface area contributed by atoms with Gasteiger partial charge in [-0.15, -0.1) is 0 Å². The smallest absolute Gasteiger partial charge is 0.0391 e. The fourth-order valence-corrected chi connectivity index (χ4v) is 2.68. The zero-order valence-corrected chi connectivity index (χ0v) is 13.1. The van der Waals surface area contributed by atoms with E-state index in [1.165, 1.54) is 57.8 Å². The van der Waals surface area contributed by atoms with Crippen LogP contribution in [0, 0.1) is 17.8 Å². The van der Waals surface area contributed by atoms with E-state index in [0.29, 0.717) is 0 Å². The Balaban J connectivity index is 3.61. The summed E-state index contributed by atoms with van der Waals surface area (Å²) in [5, 5.41) is 0. The number of unbranched alkanes of at least 4 members (excludes halogenated alkanes) is 5. The summed E-state index contributed by atoms with van der Waals surface area (Å²) in [6.45, 7) is 12.0. The Hall–Kier alpha value is 0. The highest BCUT2D eigenvalue weighted by Gasteiger charge is 2.18. The first kappa shape index (κ1) is 17.0. The molecular weight excluding hydrogens is 204 g/mol. The van der Waals surface area contributed by atoms with Crippen molar-refractivity contribution >= 4 is 0 Å². The minimum atomic E-state index is 0.910. The highest BCUT2D eigenvalue weighted by molar-refractivity contribution is 4.68. The van der Waals surface area contributed by atoms with Crippen LogP contribution in [0.25, 0.3) is 0 Å². The molecule has 104 valence electrons. The summed E-state index contributed by atoms with van der Waals surface area (Å²) in [5.41, 5.74) is 0. The van der Waals surface area contributed by atoms with Crippen LogP contribution in [0.5, 0.6) is 0 Å². The van der Waals surface area contributed by atoms with Crippen LogP contribution in [0.3, 0.4) is 0 Å². The highest BCUT2D eigenvalue weighted by atomic mass is 14.2. The van der Waals surface area contributed by atoms with E-state index < -0.39 is 0 Å². The first-order chi connectivity index (χ1) is 8.13. The minimum Gasteiger partial charge on any atom is -0.0654 e. The molecule has 17 heavy (non-hydrogen) atoms. The molecule has 3 unspecified atom stereocenters. The number of hydrogen-bond donors (Lipinski definition) is 0. The van der Waals surface area contributed by atoms with Gasteiger partial charge in [-0.05, 0) is 17.8 Å². The molecule has 0 heterocycles. The standard InChI is InChI=1S/C17H36/c1-6-8-10-11-12-14-16(4)17(5)15(3)13-9-7-2/h15-17H,6-14H2,1-5H3. The second-order valence-electron chi connectivity index (χ2n) is 6.16. The van der Waals surface area contributed by atoms with E-state index in [-0.39, 0.29) is 0 Å². The van der Waals surface area contributed by atoms with Crippen molar-refractivity contribution in [3.63, 3.8) is 0 Å². The molecule has 0 aliphatic carbocycles. The van der Waals surface area contributed by atoms with Crippen LogP contribution in [-0.2, 0) is 0 Å². The molecule has 0 aromatic rings. The topological polar surface area (TPSA) is 0 Å². The van der Waals surface area contributed by atoms with Crippen LogP contribution in [0.4, 0.5) is 0 Å². The molecule has 0 saturated carbocycles. The van der Waals surface area contributed by atoms with Gasteiger partial charge in [-0.1, -0.05) is 92.4 Å². The van der Waals surface area contributed by atoms with Crippen LogP contribution in [0.2, 0.25) is 0 Å². The molecule has 0 aromatic carbocycles. The van der Waals surface area contributed by atoms with Gasteiger partial charge in [0.2, 0.25) is 0 Å². The van der Waals surface area contributed by atoms with Crippen molar-refractivity contribution in [2.45, 2.75) is 92.4 Å². The van der Waals surface area contributed by atoms with Gasteiger partial charge in [0.15, 0.2) is 0 Å². The summed E-state index contributed by atoms with van der Waals surface area (Å²) in [4.78, 5) is 0. The zero-order valence-electron chi connectivity index (χ0n) is 13.1. The molecular formula is C17H36. The summed E-state index contributed by atoms with van der Waals surface area (Å²) < 4.78 is 0. The Morgan fingerprint density at radius 2 is 1.06 bits per heavy atom. The maximum absolute atomic E-state index is 2.47. The summed E-state index contributed by atoms with van der Waals surface area (Å²) in [6.07, 6.45) is 12.8. The molecule has 0 nitrogen and oxygen atoms in total. The lowest BCUT2D eigenvalue weighted by Gasteiger charge is -2.26. The number of rotatable bonds is 11. The van der Waals surface area contributed by atoms with Crippen molar-refractivity contribution in [2.75, 3.05) is 0 Å². The predicted octanol–water partition coefficient (Wildman–Crippen LogP) is 6.45. The third kappa shape index (κ3) is 8.69. The summed E-state index contributed by atoms with van der Waals surface area (Å²) in [5.74, 6) is 2.75. The van der Waals surface area contributed by atoms with Crippen molar-refractivity contribution in [1.82, 2.24) is 0 Å². The maximum Gasteiger partial charge on any atom is -0.0391 e. The summed E-state index contributed by atoms with van der Waals surface area (Å²) in [7, 11) is 0. The number of hydrogen-bond acceptors (Lipinski definition) is 0. The van der Waals surface area contributed by atoms with Gasteiger partial charge >= 0.3 is 0 Å². The summed E-state index contributed by atoms with van der Waals surface area (Å²) >= 11 is 0. The molecule has 0 radical (unpaired) electrons. The molecule has 0 spiro atoms. The highest BCUT2D eigenvalue weighted by Crippen LogP contribution is 2.28. The van der Waals surface area contributed by atoms with Gasteiger partial charge in [-0.2, -0.15) is 0 Å². The maximum atomic E-state index is 2.47. The van der Waals surface area contributed by atoms with Crippen molar-refractivity contribution in [2.24, 2.45) is 17.8 Å². The average molecular weight is 240 g/mol. The van der Waals surface area contributed by atoms with E-state index in [4.69, 9.17) is 0 Å². The zero-order chi connectivity index (χ0) is 13.1. The second kappa shape index (κ2) is 11.1. The Morgan fingerprint density at radius 1 is 0.588 bits per heavy atom. The van der Waals surface area contributed by atoms with Crippen molar-refractivity contribution < 1.29 is 0 Å². The first-order valence-electron chi connectivity index (χ1n) is 8.13. The van der Waals surface area contributed by atoms with Crippen LogP contribution in [-0.4, -0.2) is 0 Å². The van der Waals surface area contributed by atoms with Crippen molar-refractivity contribution in [3.8, 4) is 0 Å². The fourth-order valence-electron chi connectivity index (χ4n) is 2.68. The van der Waals surface area contributed by atoms with Crippen LogP contribution >= 0.6 is 0 Å². The Bertz CT molecular complexity index is 150. The molecule has 0 amide bonds. The monoisotopic (exact) mass is 240 g/mol. The fraction of sp³-hybridized carbons (Fsp3) is 1.00. The quantitative estimate of drug-likeness (QED) is 0.364. The molecule has 0 saturated heterocycles. The van der Waals surface area contributed by atoms with E-state index in [0.717, 1.165) is 17.8 Å². The van der Waals surface area contributed by atoms with E-state index in [2.05, 4.69) is 34.6 Å². The SMILES string of the molecule is CCCCCCCC(C)C(C)C(C)CCCC. The largest absolute Gasteiger partial charge is 0.0654 e. The Kier molecular flexibility index (Phi) is 11.1. The normalized spacial score (nSPS) is 16.8. The van der Waals surface area contributed by atoms with Gasteiger partial charge in [0, 0.05) is 0 Å². The second-order valence-corrected chi connectivity index (χ2v) is 6.16. The Morgan fingerprint density at radius 3 is 1.59 bits per heavy atom. The third-order valence-electron chi connectivity index (χ3n) is 4.57. The predicted molar refractivity (Wildman–Crippen MR) is 80.4 cm³/mol. The Labute approximate surface area is 111 Å². The van der Waals surface area contributed by atoms with Gasteiger partial charge in [0.1, 0.15) is 0 Å². The average Bonchev–Trinajstić information content (AvgIpc) is 2.34. The molecule has 0 aliphatic heterocycles. The molecule has 0 rings (SSSR count). The lowest BCUT2D eigenvalue weighted by Crippen LogP contribution is -2.16. The molecule has 0 aromatic heterocycles. The van der Waals surface area contributed by atoms with Crippen molar-refractivity contribution in [1.29, 1.82) is 0 Å². The van der Waals surface area contributed by atoms with E-state index in [9.17, 15) is 0 Å². The third-order valence-corrected chi connectivity index (χ3v) is 4.57. The molecule has 0 N–H and O–H groups in total. The summed E-state index contributed by atoms with van der Waals surface area (Å²) in [6, 6.07) is 0. The van der Waals surface area contributed by atoms with Crippen LogP contribution < -0.4 is 0 Å². The molecule has 0 heteroatoms. The van der Waals surface area contributed by atoms with Crippen molar-refractivity contribution in [3.05, 3.63) is 0 Å². The molecule has 0 aliphatic rings. The minimum absolute atomic E-state index is 0.910. The molecule has 3 atom stereocenters. The molecule has 0 fully saturated rings. The van der Waals surface area contributed by atoms with Crippen LogP contribution in [0.15, 0.2) is 0 Å². The lowest BCUT2D eigenvalue weighted by molar-refractivity contribution is 0.245. The van der Waals surface area contributed by atoms with Crippen LogP contribution in [0.1, 0.15) is 92.4 Å². The van der Waals surface area contributed by atoms with Gasteiger partial charge in [-0.3, -0.25) is 0 Å². The lowest BCUT2D eigenvalue weighted by atomic mass is 9.80.